The van der Waals surface area contributed by atoms with Gasteiger partial charge in [-0.05, 0) is 24.3 Å². The third kappa shape index (κ3) is 7.26. The number of halogens is 1. The van der Waals surface area contributed by atoms with Gasteiger partial charge in [0.2, 0.25) is 11.7 Å². The first-order valence-electron chi connectivity index (χ1n) is 11.5. The van der Waals surface area contributed by atoms with Crippen LogP contribution >= 0.6 is 0 Å². The Hall–Kier alpha value is -3.49. The number of carbonyl (C=O) groups is 1. The lowest BCUT2D eigenvalue weighted by molar-refractivity contribution is -0.115. The van der Waals surface area contributed by atoms with Gasteiger partial charge in [0.1, 0.15) is 0 Å². The summed E-state index contributed by atoms with van der Waals surface area (Å²) in [6.45, 7) is 11.9. The number of benzene rings is 2. The van der Waals surface area contributed by atoms with Crippen molar-refractivity contribution in [1.82, 2.24) is 20.6 Å². The fraction of sp³-hybridized carbons (Fsp3) is 0.440. The van der Waals surface area contributed by atoms with E-state index in [2.05, 4.69) is 58.5 Å². The molecule has 3 aromatic rings. The minimum Gasteiger partial charge on any atom is -0.482 e. The Kier molecular flexibility index (Phi) is 8.56. The van der Waals surface area contributed by atoms with E-state index in [-0.39, 0.29) is 24.7 Å². The molecule has 34 heavy (non-hydrogen) atoms. The molecule has 1 amide bonds. The molecule has 182 valence electrons. The number of aromatic amines is 1. The van der Waals surface area contributed by atoms with Crippen LogP contribution in [0.25, 0.3) is 0 Å². The Morgan fingerprint density at radius 1 is 1.12 bits per heavy atom. The number of rotatable bonds is 11. The predicted molar refractivity (Wildman–Crippen MR) is 130 cm³/mol. The highest BCUT2D eigenvalue weighted by Crippen LogP contribution is 2.34. The van der Waals surface area contributed by atoms with Crippen LogP contribution in [0, 0.1) is 24.6 Å². The van der Waals surface area contributed by atoms with Crippen LogP contribution in [-0.2, 0) is 17.8 Å². The van der Waals surface area contributed by atoms with Crippen LogP contribution in [0.4, 0.5) is 15.8 Å². The number of hydrogen-bond acceptors (Lipinski definition) is 6. The third-order valence-corrected chi connectivity index (χ3v) is 5.07. The Balaban J connectivity index is 1.90. The zero-order valence-electron chi connectivity index (χ0n) is 20.4. The maximum atomic E-state index is 15.1. The number of aromatic nitrogens is 4. The average molecular weight is 469 g/mol. The summed E-state index contributed by atoms with van der Waals surface area (Å²) < 4.78 is 20.7. The number of anilines is 2. The smallest absolute Gasteiger partial charge is 0.228 e. The molecule has 1 heterocycles. The molecular weight excluding hydrogens is 435 g/mol. The van der Waals surface area contributed by atoms with E-state index < -0.39 is 5.82 Å². The Labute approximate surface area is 199 Å². The molecule has 1 aromatic heterocycles. The van der Waals surface area contributed by atoms with Gasteiger partial charge in [-0.15, -0.1) is 10.2 Å². The molecule has 8 nitrogen and oxygen atoms in total. The van der Waals surface area contributed by atoms with Gasteiger partial charge < -0.3 is 15.0 Å². The summed E-state index contributed by atoms with van der Waals surface area (Å²) in [6.07, 6.45) is 0.213. The number of amides is 1. The van der Waals surface area contributed by atoms with Gasteiger partial charge in [0.15, 0.2) is 18.2 Å². The van der Waals surface area contributed by atoms with E-state index in [1.165, 1.54) is 12.1 Å². The first-order valence-corrected chi connectivity index (χ1v) is 11.5. The van der Waals surface area contributed by atoms with Gasteiger partial charge >= 0.3 is 0 Å². The molecule has 0 radical (unpaired) electrons. The van der Waals surface area contributed by atoms with Crippen molar-refractivity contribution >= 4 is 17.3 Å². The minimum absolute atomic E-state index is 0.00762. The Morgan fingerprint density at radius 2 is 1.79 bits per heavy atom. The summed E-state index contributed by atoms with van der Waals surface area (Å²) in [6, 6.07) is 10.8. The molecule has 0 aliphatic heterocycles. The number of aryl methyl sites for hydroxylation is 1. The third-order valence-electron chi connectivity index (χ3n) is 5.07. The van der Waals surface area contributed by atoms with Crippen LogP contribution in [-0.4, -0.2) is 39.6 Å². The van der Waals surface area contributed by atoms with E-state index in [1.807, 2.05) is 31.2 Å². The van der Waals surface area contributed by atoms with Crippen molar-refractivity contribution in [3.63, 3.8) is 0 Å². The van der Waals surface area contributed by atoms with Gasteiger partial charge in [0.05, 0.1) is 17.8 Å². The fourth-order valence-electron chi connectivity index (χ4n) is 3.64. The van der Waals surface area contributed by atoms with E-state index >= 15 is 4.39 Å². The summed E-state index contributed by atoms with van der Waals surface area (Å²) in [5.74, 6) is 0.310. The summed E-state index contributed by atoms with van der Waals surface area (Å²) in [7, 11) is 0. The number of hydrogen-bond donors (Lipinski definition) is 2. The molecule has 2 aromatic carbocycles. The molecule has 0 saturated heterocycles. The lowest BCUT2D eigenvalue weighted by Gasteiger charge is -2.31. The van der Waals surface area contributed by atoms with Gasteiger partial charge in [-0.3, -0.25) is 4.79 Å². The lowest BCUT2D eigenvalue weighted by Crippen LogP contribution is -2.32. The second-order valence-electron chi connectivity index (χ2n) is 9.32. The van der Waals surface area contributed by atoms with E-state index in [1.54, 1.807) is 0 Å². The zero-order valence-corrected chi connectivity index (χ0v) is 20.4. The molecule has 3 rings (SSSR count). The maximum Gasteiger partial charge on any atom is 0.228 e. The monoisotopic (exact) mass is 468 g/mol. The van der Waals surface area contributed by atoms with Crippen LogP contribution in [0.3, 0.4) is 0 Å². The van der Waals surface area contributed by atoms with Crippen molar-refractivity contribution in [1.29, 1.82) is 0 Å². The molecule has 2 N–H and O–H groups in total. The molecule has 0 saturated carbocycles. The largest absolute Gasteiger partial charge is 0.482 e. The first kappa shape index (κ1) is 25.1. The number of ether oxygens (including phenoxy) is 1. The standard InChI is InChI=1S/C25H33FN6O2/c1-16(2)13-32(14-17(3)4)22-11-20(26)23(34-15-24-28-30-31-29-24)12-21(22)27-25(33)10-19-8-6-18(5)7-9-19/h6-9,11-12,16-17H,10,13-15H2,1-5H3,(H,27,33)(H,28,29,30,31). The maximum absolute atomic E-state index is 15.1. The molecule has 0 fully saturated rings. The summed E-state index contributed by atoms with van der Waals surface area (Å²) in [5, 5.41) is 16.4. The van der Waals surface area contributed by atoms with Gasteiger partial charge in [-0.25, -0.2) is 4.39 Å². The molecule has 0 bridgehead atoms. The van der Waals surface area contributed by atoms with Gasteiger partial charge in [0.25, 0.3) is 0 Å². The van der Waals surface area contributed by atoms with Gasteiger partial charge in [-0.2, -0.15) is 5.21 Å². The van der Waals surface area contributed by atoms with Crippen LogP contribution in [0.1, 0.15) is 44.6 Å². The Morgan fingerprint density at radius 3 is 2.38 bits per heavy atom. The van der Waals surface area contributed by atoms with Crippen molar-refractivity contribution in [2.24, 2.45) is 11.8 Å². The van der Waals surface area contributed by atoms with E-state index in [4.69, 9.17) is 4.74 Å². The second-order valence-corrected chi connectivity index (χ2v) is 9.32. The van der Waals surface area contributed by atoms with E-state index in [0.717, 1.165) is 24.2 Å². The van der Waals surface area contributed by atoms with Crippen LogP contribution in [0.15, 0.2) is 36.4 Å². The van der Waals surface area contributed by atoms with Crippen molar-refractivity contribution in [3.05, 3.63) is 59.2 Å². The van der Waals surface area contributed by atoms with Gasteiger partial charge in [-0.1, -0.05) is 62.7 Å². The highest BCUT2D eigenvalue weighted by molar-refractivity contribution is 5.96. The highest BCUT2D eigenvalue weighted by Gasteiger charge is 2.20. The lowest BCUT2D eigenvalue weighted by atomic mass is 10.1. The number of tetrazole rings is 1. The number of carbonyl (C=O) groups excluding carboxylic acids is 1. The zero-order chi connectivity index (χ0) is 24.7. The molecule has 0 spiro atoms. The van der Waals surface area contributed by atoms with Crippen molar-refractivity contribution in [3.8, 4) is 5.75 Å². The van der Waals surface area contributed by atoms with Crippen LogP contribution < -0.4 is 15.0 Å². The van der Waals surface area contributed by atoms with Crippen molar-refractivity contribution in [2.45, 2.75) is 47.6 Å². The summed E-state index contributed by atoms with van der Waals surface area (Å²) in [5.41, 5.74) is 3.17. The van der Waals surface area contributed by atoms with Crippen LogP contribution in [0.2, 0.25) is 0 Å². The van der Waals surface area contributed by atoms with Crippen molar-refractivity contribution < 1.29 is 13.9 Å². The molecule has 0 aliphatic carbocycles. The molecule has 9 heteroatoms. The fourth-order valence-corrected chi connectivity index (χ4v) is 3.64. The average Bonchev–Trinajstić information content (AvgIpc) is 3.28. The second kappa shape index (κ2) is 11.6. The van der Waals surface area contributed by atoms with Crippen molar-refractivity contribution in [2.75, 3.05) is 23.3 Å². The highest BCUT2D eigenvalue weighted by atomic mass is 19.1. The first-order chi connectivity index (χ1) is 16.2. The normalized spacial score (nSPS) is 11.2. The summed E-state index contributed by atoms with van der Waals surface area (Å²) in [4.78, 5) is 15.0. The Bertz CT molecular complexity index is 1060. The van der Waals surface area contributed by atoms with E-state index in [0.29, 0.717) is 29.0 Å². The summed E-state index contributed by atoms with van der Waals surface area (Å²) >= 11 is 0. The van der Waals surface area contributed by atoms with Crippen LogP contribution in [0.5, 0.6) is 5.75 Å². The topological polar surface area (TPSA) is 96.0 Å². The number of nitrogens with one attached hydrogen (secondary N) is 2. The number of nitrogens with zero attached hydrogens (tertiary/aromatic N) is 4. The molecular formula is C25H33FN6O2. The SMILES string of the molecule is Cc1ccc(CC(=O)Nc2cc(OCc3nn[nH]n3)c(F)cc2N(CC(C)C)CC(C)C)cc1. The molecule has 0 aliphatic rings. The van der Waals surface area contributed by atoms with Gasteiger partial charge in [0, 0.05) is 25.2 Å². The molecule has 0 atom stereocenters. The number of H-pyrrole nitrogens is 1. The minimum atomic E-state index is -0.521. The predicted octanol–water partition coefficient (Wildman–Crippen LogP) is 4.53. The quantitative estimate of drug-likeness (QED) is 0.429. The molecule has 0 unspecified atom stereocenters. The van der Waals surface area contributed by atoms with E-state index in [9.17, 15) is 4.79 Å².